The molecule has 2 aromatic rings. The van der Waals surface area contributed by atoms with Gasteiger partial charge in [-0.25, -0.2) is 4.52 Å². The van der Waals surface area contributed by atoms with E-state index >= 15 is 0 Å². The molecule has 0 bridgehead atoms. The summed E-state index contributed by atoms with van der Waals surface area (Å²) in [5, 5.41) is 4.23. The second-order valence-electron chi connectivity index (χ2n) is 2.79. The number of aryl methyl sites for hydroxylation is 2. The maximum Gasteiger partial charge on any atom is 0.0693 e. The van der Waals surface area contributed by atoms with Crippen LogP contribution in [0.4, 0.5) is 0 Å². The lowest BCUT2D eigenvalue weighted by molar-refractivity contribution is 0.915. The predicted octanol–water partition coefficient (Wildman–Crippen LogP) is 1.95. The predicted molar refractivity (Wildman–Crippen MR) is 44.7 cm³/mol. The van der Waals surface area contributed by atoms with Gasteiger partial charge in [0.05, 0.1) is 11.7 Å². The highest BCUT2D eigenvalue weighted by Gasteiger charge is 1.98. The molecule has 0 atom stereocenters. The molecular formula is C9H10N2. The molecule has 0 saturated heterocycles. The molecule has 0 saturated carbocycles. The van der Waals surface area contributed by atoms with Gasteiger partial charge in [-0.2, -0.15) is 5.10 Å². The normalized spacial score (nSPS) is 10.7. The molecule has 2 nitrogen and oxygen atoms in total. The van der Waals surface area contributed by atoms with Gasteiger partial charge in [-0.3, -0.25) is 0 Å². The molecule has 0 fully saturated rings. The molecular weight excluding hydrogens is 136 g/mol. The van der Waals surface area contributed by atoms with Gasteiger partial charge in [0.2, 0.25) is 0 Å². The smallest absolute Gasteiger partial charge is 0.0693 e. The molecule has 2 heteroatoms. The van der Waals surface area contributed by atoms with E-state index in [0.717, 1.165) is 0 Å². The van der Waals surface area contributed by atoms with E-state index in [9.17, 15) is 0 Å². The lowest BCUT2D eigenvalue weighted by atomic mass is 10.3. The first-order chi connectivity index (χ1) is 5.29. The molecule has 2 aromatic heterocycles. The molecule has 0 spiro atoms. The summed E-state index contributed by atoms with van der Waals surface area (Å²) < 4.78 is 1.95. The zero-order valence-electron chi connectivity index (χ0n) is 6.70. The number of aromatic nitrogens is 2. The van der Waals surface area contributed by atoms with Crippen LogP contribution in [0.2, 0.25) is 0 Å². The molecule has 2 rings (SSSR count). The Balaban J connectivity index is 2.94. The minimum absolute atomic E-state index is 1.18. The lowest BCUT2D eigenvalue weighted by Gasteiger charge is -1.96. The maximum absolute atomic E-state index is 4.23. The van der Waals surface area contributed by atoms with E-state index in [1.807, 2.05) is 10.7 Å². The van der Waals surface area contributed by atoms with Crippen molar-refractivity contribution < 1.29 is 0 Å². The number of hydrogen-bond acceptors (Lipinski definition) is 1. The van der Waals surface area contributed by atoms with E-state index in [1.165, 1.54) is 16.8 Å². The Labute approximate surface area is 65.5 Å². The average molecular weight is 146 g/mol. The molecule has 56 valence electrons. The monoisotopic (exact) mass is 146 g/mol. The van der Waals surface area contributed by atoms with E-state index in [4.69, 9.17) is 0 Å². The summed E-state index contributed by atoms with van der Waals surface area (Å²) in [6.45, 7) is 4.13. The van der Waals surface area contributed by atoms with Crippen molar-refractivity contribution >= 4 is 5.52 Å². The van der Waals surface area contributed by atoms with Crippen molar-refractivity contribution in [2.24, 2.45) is 0 Å². The topological polar surface area (TPSA) is 17.3 Å². The fraction of sp³-hybridized carbons (Fsp3) is 0.222. The van der Waals surface area contributed by atoms with Crippen LogP contribution < -0.4 is 0 Å². The summed E-state index contributed by atoms with van der Waals surface area (Å²) >= 11 is 0. The van der Waals surface area contributed by atoms with Crippen LogP contribution in [0.25, 0.3) is 5.52 Å². The van der Waals surface area contributed by atoms with Gasteiger partial charge >= 0.3 is 0 Å². The van der Waals surface area contributed by atoms with Gasteiger partial charge in [0.15, 0.2) is 0 Å². The number of pyridine rings is 1. The lowest BCUT2D eigenvalue weighted by Crippen LogP contribution is -1.90. The van der Waals surface area contributed by atoms with Crippen LogP contribution >= 0.6 is 0 Å². The van der Waals surface area contributed by atoms with Crippen LogP contribution in [0, 0.1) is 13.8 Å². The molecule has 11 heavy (non-hydrogen) atoms. The Morgan fingerprint density at radius 2 is 2.09 bits per heavy atom. The third-order valence-electron chi connectivity index (χ3n) is 1.92. The molecule has 0 aliphatic carbocycles. The van der Waals surface area contributed by atoms with Crippen LogP contribution in [0.1, 0.15) is 11.3 Å². The Morgan fingerprint density at radius 1 is 1.27 bits per heavy atom. The van der Waals surface area contributed by atoms with Gasteiger partial charge in [-0.1, -0.05) is 6.07 Å². The van der Waals surface area contributed by atoms with Crippen LogP contribution in [0.15, 0.2) is 24.4 Å². The first kappa shape index (κ1) is 6.40. The Bertz CT molecular complexity index is 387. The highest BCUT2D eigenvalue weighted by molar-refractivity contribution is 5.53. The molecule has 0 N–H and O–H groups in total. The Morgan fingerprint density at radius 3 is 2.82 bits per heavy atom. The van der Waals surface area contributed by atoms with Crippen molar-refractivity contribution in [3.05, 3.63) is 35.7 Å². The summed E-state index contributed by atoms with van der Waals surface area (Å²) in [5.41, 5.74) is 3.61. The number of rotatable bonds is 0. The van der Waals surface area contributed by atoms with Crippen molar-refractivity contribution in [2.75, 3.05) is 0 Å². The third-order valence-corrected chi connectivity index (χ3v) is 1.92. The van der Waals surface area contributed by atoms with Crippen molar-refractivity contribution in [3.8, 4) is 0 Å². The Kier molecular flexibility index (Phi) is 1.22. The molecule has 0 radical (unpaired) electrons. The minimum Gasteiger partial charge on any atom is -0.238 e. The first-order valence-electron chi connectivity index (χ1n) is 3.69. The molecule has 0 aromatic carbocycles. The van der Waals surface area contributed by atoms with E-state index in [1.54, 1.807) is 0 Å². The minimum atomic E-state index is 1.18. The van der Waals surface area contributed by atoms with Crippen LogP contribution in [0.5, 0.6) is 0 Å². The molecule has 0 unspecified atom stereocenters. The third kappa shape index (κ3) is 0.827. The molecule has 0 aliphatic heterocycles. The number of hydrogen-bond donors (Lipinski definition) is 0. The van der Waals surface area contributed by atoms with Crippen LogP contribution in [-0.4, -0.2) is 9.61 Å². The van der Waals surface area contributed by atoms with Crippen molar-refractivity contribution in [1.29, 1.82) is 0 Å². The fourth-order valence-electron chi connectivity index (χ4n) is 1.27. The second-order valence-corrected chi connectivity index (χ2v) is 2.79. The SMILES string of the molecule is Cc1cnn2c(C)cccc12. The standard InChI is InChI=1S/C9H10N2/c1-7-6-10-11-8(2)4-3-5-9(7)11/h3-6H,1-2H3. The fourth-order valence-corrected chi connectivity index (χ4v) is 1.27. The zero-order valence-corrected chi connectivity index (χ0v) is 6.70. The largest absolute Gasteiger partial charge is 0.238 e. The van der Waals surface area contributed by atoms with Crippen LogP contribution in [0.3, 0.4) is 0 Å². The zero-order chi connectivity index (χ0) is 7.84. The van der Waals surface area contributed by atoms with Gasteiger partial charge in [-0.05, 0) is 31.5 Å². The van der Waals surface area contributed by atoms with Crippen molar-refractivity contribution in [3.63, 3.8) is 0 Å². The molecule has 0 amide bonds. The molecule has 0 aliphatic rings. The maximum atomic E-state index is 4.23. The number of fused-ring (bicyclic) bond motifs is 1. The van der Waals surface area contributed by atoms with E-state index in [0.29, 0.717) is 0 Å². The van der Waals surface area contributed by atoms with E-state index in [2.05, 4.69) is 37.1 Å². The highest BCUT2D eigenvalue weighted by atomic mass is 15.2. The molecule has 2 heterocycles. The van der Waals surface area contributed by atoms with E-state index < -0.39 is 0 Å². The average Bonchev–Trinajstić information content (AvgIpc) is 2.35. The summed E-state index contributed by atoms with van der Waals surface area (Å²) in [6, 6.07) is 6.19. The highest BCUT2D eigenvalue weighted by Crippen LogP contribution is 2.10. The van der Waals surface area contributed by atoms with Gasteiger partial charge in [0.25, 0.3) is 0 Å². The Hall–Kier alpha value is -1.31. The number of nitrogens with zero attached hydrogens (tertiary/aromatic N) is 2. The quantitative estimate of drug-likeness (QED) is 0.555. The summed E-state index contributed by atoms with van der Waals surface area (Å²) in [7, 11) is 0. The summed E-state index contributed by atoms with van der Waals surface area (Å²) in [4.78, 5) is 0. The van der Waals surface area contributed by atoms with Gasteiger partial charge in [-0.15, -0.1) is 0 Å². The van der Waals surface area contributed by atoms with Crippen molar-refractivity contribution in [2.45, 2.75) is 13.8 Å². The van der Waals surface area contributed by atoms with Crippen molar-refractivity contribution in [1.82, 2.24) is 9.61 Å². The van der Waals surface area contributed by atoms with E-state index in [-0.39, 0.29) is 0 Å². The van der Waals surface area contributed by atoms with Gasteiger partial charge in [0, 0.05) is 5.69 Å². The van der Waals surface area contributed by atoms with Gasteiger partial charge < -0.3 is 0 Å². The summed E-state index contributed by atoms with van der Waals surface area (Å²) in [5.74, 6) is 0. The second kappa shape index (κ2) is 2.09. The van der Waals surface area contributed by atoms with Crippen LogP contribution in [-0.2, 0) is 0 Å². The van der Waals surface area contributed by atoms with Gasteiger partial charge in [0.1, 0.15) is 0 Å². The summed E-state index contributed by atoms with van der Waals surface area (Å²) in [6.07, 6.45) is 1.89. The first-order valence-corrected chi connectivity index (χ1v) is 3.69.